The molecule has 3 rings (SSSR count). The van der Waals surface area contributed by atoms with Gasteiger partial charge in [-0.2, -0.15) is 0 Å². The number of nitrogens with one attached hydrogen (secondary N) is 1. The van der Waals surface area contributed by atoms with Gasteiger partial charge in [0.2, 0.25) is 10.0 Å². The number of halogens is 1. The average molecular weight is 370 g/mol. The Kier molecular flexibility index (Phi) is 5.12. The molecule has 0 saturated carbocycles. The number of aromatic nitrogens is 2. The summed E-state index contributed by atoms with van der Waals surface area (Å²) in [5.41, 5.74) is 1.59. The third-order valence-electron chi connectivity index (χ3n) is 3.88. The van der Waals surface area contributed by atoms with Crippen molar-refractivity contribution in [1.29, 1.82) is 0 Å². The number of anilines is 1. The van der Waals surface area contributed by atoms with E-state index in [1.165, 1.54) is 0 Å². The van der Waals surface area contributed by atoms with Crippen LogP contribution >= 0.6 is 11.6 Å². The Labute approximate surface area is 146 Å². The monoisotopic (exact) mass is 369 g/mol. The van der Waals surface area contributed by atoms with Gasteiger partial charge in [-0.05, 0) is 44.4 Å². The molecule has 8 heteroatoms. The first-order valence-electron chi connectivity index (χ1n) is 7.88. The van der Waals surface area contributed by atoms with Crippen LogP contribution in [0.3, 0.4) is 0 Å². The molecule has 1 atom stereocenters. The van der Waals surface area contributed by atoms with Gasteiger partial charge in [-0.1, -0.05) is 17.7 Å². The lowest BCUT2D eigenvalue weighted by Gasteiger charge is -2.22. The lowest BCUT2D eigenvalue weighted by atomic mass is 10.1. The van der Waals surface area contributed by atoms with E-state index in [4.69, 9.17) is 16.3 Å². The minimum atomic E-state index is -3.50. The Morgan fingerprint density at radius 2 is 2.21 bits per heavy atom. The lowest BCUT2D eigenvalue weighted by molar-refractivity contribution is 0.0306. The van der Waals surface area contributed by atoms with Gasteiger partial charge in [0.05, 0.1) is 17.5 Å². The SMILES string of the molecule is Cc1cc(NS(=O)(=O)CC2CCCCO2)nn1-c1cccc(Cl)c1. The number of hydrogen-bond acceptors (Lipinski definition) is 4. The standard InChI is InChI=1S/C16H20ClN3O3S/c1-12-9-16(18-20(12)14-6-4-5-13(17)10-14)19-24(21,22)11-15-7-2-3-8-23-15/h4-6,9-10,15H,2-3,7-8,11H2,1H3,(H,18,19). The summed E-state index contributed by atoms with van der Waals surface area (Å²) in [4.78, 5) is 0. The van der Waals surface area contributed by atoms with E-state index < -0.39 is 10.0 Å². The minimum absolute atomic E-state index is 0.0456. The predicted octanol–water partition coefficient (Wildman–Crippen LogP) is 3.14. The Morgan fingerprint density at radius 1 is 1.38 bits per heavy atom. The van der Waals surface area contributed by atoms with Crippen LogP contribution in [0.2, 0.25) is 5.02 Å². The molecular formula is C16H20ClN3O3S. The van der Waals surface area contributed by atoms with Crippen molar-refractivity contribution in [3.63, 3.8) is 0 Å². The summed E-state index contributed by atoms with van der Waals surface area (Å²) in [6, 6.07) is 8.93. The first kappa shape index (κ1) is 17.3. The molecule has 2 aromatic rings. The molecular weight excluding hydrogens is 350 g/mol. The summed E-state index contributed by atoms with van der Waals surface area (Å²) in [5.74, 6) is 0.249. The van der Waals surface area contributed by atoms with Crippen molar-refractivity contribution >= 4 is 27.4 Å². The highest BCUT2D eigenvalue weighted by Gasteiger charge is 2.23. The molecule has 0 amide bonds. The van der Waals surface area contributed by atoms with Gasteiger partial charge in [-0.15, -0.1) is 5.10 Å². The quantitative estimate of drug-likeness (QED) is 0.878. The second kappa shape index (κ2) is 7.13. The number of sulfonamides is 1. The smallest absolute Gasteiger partial charge is 0.236 e. The van der Waals surface area contributed by atoms with Gasteiger partial charge >= 0.3 is 0 Å². The van der Waals surface area contributed by atoms with Crippen molar-refractivity contribution in [3.05, 3.63) is 41.0 Å². The van der Waals surface area contributed by atoms with E-state index in [0.717, 1.165) is 30.6 Å². The number of ether oxygens (including phenoxy) is 1. The van der Waals surface area contributed by atoms with Gasteiger partial charge in [0.1, 0.15) is 0 Å². The van der Waals surface area contributed by atoms with Crippen LogP contribution < -0.4 is 4.72 Å². The van der Waals surface area contributed by atoms with Gasteiger partial charge in [0, 0.05) is 23.4 Å². The van der Waals surface area contributed by atoms with Crippen molar-refractivity contribution in [2.24, 2.45) is 0 Å². The maximum Gasteiger partial charge on any atom is 0.236 e. The molecule has 1 aromatic carbocycles. The number of rotatable bonds is 5. The summed E-state index contributed by atoms with van der Waals surface area (Å²) in [5, 5.41) is 4.92. The second-order valence-electron chi connectivity index (χ2n) is 5.93. The number of hydrogen-bond donors (Lipinski definition) is 1. The average Bonchev–Trinajstić information content (AvgIpc) is 2.87. The highest BCUT2D eigenvalue weighted by atomic mass is 35.5. The molecule has 2 heterocycles. The third-order valence-corrected chi connectivity index (χ3v) is 5.45. The topological polar surface area (TPSA) is 73.2 Å². The van der Waals surface area contributed by atoms with E-state index in [0.29, 0.717) is 17.4 Å². The molecule has 1 N–H and O–H groups in total. The normalized spacial score (nSPS) is 18.5. The Bertz CT molecular complexity index is 814. The molecule has 0 aliphatic carbocycles. The molecule has 0 spiro atoms. The van der Waals surface area contributed by atoms with Crippen LogP contribution in [0, 0.1) is 6.92 Å². The fraction of sp³-hybridized carbons (Fsp3) is 0.438. The second-order valence-corrected chi connectivity index (χ2v) is 8.14. The summed E-state index contributed by atoms with van der Waals surface area (Å²) in [6.07, 6.45) is 2.53. The Balaban J connectivity index is 1.74. The molecule has 1 aromatic heterocycles. The maximum atomic E-state index is 12.3. The van der Waals surface area contributed by atoms with Crippen LogP contribution in [0.4, 0.5) is 5.82 Å². The van der Waals surface area contributed by atoms with Crippen LogP contribution in [-0.4, -0.2) is 36.7 Å². The molecule has 24 heavy (non-hydrogen) atoms. The van der Waals surface area contributed by atoms with E-state index in [-0.39, 0.29) is 11.9 Å². The zero-order chi connectivity index (χ0) is 17.2. The van der Waals surface area contributed by atoms with E-state index >= 15 is 0 Å². The largest absolute Gasteiger partial charge is 0.377 e. The van der Waals surface area contributed by atoms with Crippen molar-refractivity contribution in [2.45, 2.75) is 32.3 Å². The molecule has 1 fully saturated rings. The van der Waals surface area contributed by atoms with Crippen LogP contribution in [-0.2, 0) is 14.8 Å². The summed E-state index contributed by atoms with van der Waals surface area (Å²) in [7, 11) is -3.50. The van der Waals surface area contributed by atoms with E-state index in [2.05, 4.69) is 9.82 Å². The van der Waals surface area contributed by atoms with Gasteiger partial charge in [-0.25, -0.2) is 13.1 Å². The van der Waals surface area contributed by atoms with Crippen molar-refractivity contribution in [2.75, 3.05) is 17.1 Å². The van der Waals surface area contributed by atoms with Crippen molar-refractivity contribution < 1.29 is 13.2 Å². The van der Waals surface area contributed by atoms with E-state index in [1.807, 2.05) is 19.1 Å². The Hall–Kier alpha value is -1.57. The van der Waals surface area contributed by atoms with Crippen LogP contribution in [0.5, 0.6) is 0 Å². The fourth-order valence-corrected chi connectivity index (χ4v) is 4.22. The Morgan fingerprint density at radius 3 is 2.92 bits per heavy atom. The number of aryl methyl sites for hydroxylation is 1. The van der Waals surface area contributed by atoms with Gasteiger partial charge in [0.15, 0.2) is 5.82 Å². The summed E-state index contributed by atoms with van der Waals surface area (Å²) < 4.78 is 34.3. The number of benzene rings is 1. The zero-order valence-corrected chi connectivity index (χ0v) is 15.0. The molecule has 130 valence electrons. The molecule has 6 nitrogen and oxygen atoms in total. The van der Waals surface area contributed by atoms with Crippen molar-refractivity contribution in [3.8, 4) is 5.69 Å². The molecule has 0 radical (unpaired) electrons. The van der Waals surface area contributed by atoms with Crippen LogP contribution in [0.25, 0.3) is 5.69 Å². The van der Waals surface area contributed by atoms with Crippen molar-refractivity contribution in [1.82, 2.24) is 9.78 Å². The van der Waals surface area contributed by atoms with Gasteiger partial charge < -0.3 is 4.74 Å². The van der Waals surface area contributed by atoms with Crippen LogP contribution in [0.15, 0.2) is 30.3 Å². The molecule has 1 saturated heterocycles. The molecule has 1 unspecified atom stereocenters. The molecule has 1 aliphatic rings. The fourth-order valence-electron chi connectivity index (χ4n) is 2.78. The van der Waals surface area contributed by atoms with E-state index in [9.17, 15) is 8.42 Å². The number of nitrogens with zero attached hydrogens (tertiary/aromatic N) is 2. The van der Waals surface area contributed by atoms with E-state index in [1.54, 1.807) is 22.9 Å². The first-order valence-corrected chi connectivity index (χ1v) is 9.91. The van der Waals surface area contributed by atoms with Crippen LogP contribution in [0.1, 0.15) is 25.0 Å². The maximum absolute atomic E-state index is 12.3. The lowest BCUT2D eigenvalue weighted by Crippen LogP contribution is -2.31. The minimum Gasteiger partial charge on any atom is -0.377 e. The predicted molar refractivity (Wildman–Crippen MR) is 94.3 cm³/mol. The summed E-state index contributed by atoms with van der Waals surface area (Å²) in [6.45, 7) is 2.48. The molecule has 1 aliphatic heterocycles. The van der Waals surface area contributed by atoms with Gasteiger partial charge in [0.25, 0.3) is 0 Å². The highest BCUT2D eigenvalue weighted by molar-refractivity contribution is 7.92. The summed E-state index contributed by atoms with van der Waals surface area (Å²) >= 11 is 6.00. The van der Waals surface area contributed by atoms with Gasteiger partial charge in [-0.3, -0.25) is 4.72 Å². The third kappa shape index (κ3) is 4.28. The highest BCUT2D eigenvalue weighted by Crippen LogP contribution is 2.20. The molecule has 0 bridgehead atoms. The first-order chi connectivity index (χ1) is 11.4. The zero-order valence-electron chi connectivity index (χ0n) is 13.4.